The maximum absolute atomic E-state index is 3.56. The maximum atomic E-state index is 3.56. The quantitative estimate of drug-likeness (QED) is 0.839. The second kappa shape index (κ2) is 4.43. The van der Waals surface area contributed by atoms with Crippen LogP contribution >= 0.6 is 0 Å². The number of benzene rings is 1. The lowest BCUT2D eigenvalue weighted by atomic mass is 10.0. The third kappa shape index (κ3) is 2.00. The zero-order chi connectivity index (χ0) is 11.8. The first-order valence-corrected chi connectivity index (χ1v) is 6.79. The highest BCUT2D eigenvalue weighted by Gasteiger charge is 2.32. The fraction of sp³-hybridized carbons (Fsp3) is 0.600. The standard InChI is InChI=1S/C15H22N2/c1-11-9-13(10-16-11)17(2)15-8-7-12-5-3-4-6-14(12)15/h3-6,11,13,15-16H,7-10H2,1-2H3. The number of hydrogen-bond acceptors (Lipinski definition) is 2. The minimum absolute atomic E-state index is 0.642. The lowest BCUT2D eigenvalue weighted by Gasteiger charge is -2.30. The summed E-state index contributed by atoms with van der Waals surface area (Å²) in [6.07, 6.45) is 3.83. The second-order valence-corrected chi connectivity index (χ2v) is 5.62. The first kappa shape index (κ1) is 11.2. The van der Waals surface area contributed by atoms with Gasteiger partial charge in [0.2, 0.25) is 0 Å². The zero-order valence-electron chi connectivity index (χ0n) is 10.8. The van der Waals surface area contributed by atoms with Crippen LogP contribution in [0.15, 0.2) is 24.3 Å². The van der Waals surface area contributed by atoms with Gasteiger partial charge in [0.25, 0.3) is 0 Å². The summed E-state index contributed by atoms with van der Waals surface area (Å²) in [6, 6.07) is 11.0. The minimum Gasteiger partial charge on any atom is -0.313 e. The van der Waals surface area contributed by atoms with Gasteiger partial charge in [0.1, 0.15) is 0 Å². The van der Waals surface area contributed by atoms with Crippen molar-refractivity contribution in [3.8, 4) is 0 Å². The molecule has 1 heterocycles. The number of aryl methyl sites for hydroxylation is 1. The molecule has 1 aliphatic heterocycles. The average Bonchev–Trinajstić information content (AvgIpc) is 2.94. The topological polar surface area (TPSA) is 15.3 Å². The van der Waals surface area contributed by atoms with E-state index < -0.39 is 0 Å². The van der Waals surface area contributed by atoms with Crippen molar-refractivity contribution in [2.75, 3.05) is 13.6 Å². The predicted octanol–water partition coefficient (Wildman–Crippen LogP) is 2.36. The molecule has 0 radical (unpaired) electrons. The van der Waals surface area contributed by atoms with Gasteiger partial charge in [0.05, 0.1) is 0 Å². The molecule has 1 aromatic carbocycles. The van der Waals surface area contributed by atoms with E-state index in [9.17, 15) is 0 Å². The van der Waals surface area contributed by atoms with Crippen LogP contribution in [-0.2, 0) is 6.42 Å². The SMILES string of the molecule is CC1CC(N(C)C2CCc3ccccc32)CN1. The van der Waals surface area contributed by atoms with E-state index in [1.807, 2.05) is 0 Å². The summed E-state index contributed by atoms with van der Waals surface area (Å²) in [5, 5.41) is 3.56. The Labute approximate surface area is 104 Å². The molecule has 1 aliphatic carbocycles. The molecule has 3 atom stereocenters. The van der Waals surface area contributed by atoms with Crippen LogP contribution in [0.5, 0.6) is 0 Å². The molecule has 0 amide bonds. The number of rotatable bonds is 2. The lowest BCUT2D eigenvalue weighted by Crippen LogP contribution is -2.35. The minimum atomic E-state index is 0.642. The Morgan fingerprint density at radius 3 is 2.88 bits per heavy atom. The van der Waals surface area contributed by atoms with Gasteiger partial charge < -0.3 is 5.32 Å². The van der Waals surface area contributed by atoms with Crippen molar-refractivity contribution in [2.24, 2.45) is 0 Å². The summed E-state index contributed by atoms with van der Waals surface area (Å²) >= 11 is 0. The van der Waals surface area contributed by atoms with Crippen molar-refractivity contribution in [1.82, 2.24) is 10.2 Å². The molecular formula is C15H22N2. The summed E-state index contributed by atoms with van der Waals surface area (Å²) in [7, 11) is 2.30. The van der Waals surface area contributed by atoms with Crippen LogP contribution in [0.25, 0.3) is 0 Å². The van der Waals surface area contributed by atoms with E-state index in [-0.39, 0.29) is 0 Å². The second-order valence-electron chi connectivity index (χ2n) is 5.62. The van der Waals surface area contributed by atoms with E-state index >= 15 is 0 Å². The van der Waals surface area contributed by atoms with E-state index in [1.165, 1.54) is 19.3 Å². The molecule has 0 saturated carbocycles. The Hall–Kier alpha value is -0.860. The number of fused-ring (bicyclic) bond motifs is 1. The first-order chi connectivity index (χ1) is 8.25. The largest absolute Gasteiger partial charge is 0.313 e. The van der Waals surface area contributed by atoms with Crippen molar-refractivity contribution in [1.29, 1.82) is 0 Å². The monoisotopic (exact) mass is 230 g/mol. The molecule has 0 bridgehead atoms. The van der Waals surface area contributed by atoms with Gasteiger partial charge in [-0.2, -0.15) is 0 Å². The van der Waals surface area contributed by atoms with Crippen LogP contribution in [0.2, 0.25) is 0 Å². The van der Waals surface area contributed by atoms with Gasteiger partial charge >= 0.3 is 0 Å². The molecule has 2 nitrogen and oxygen atoms in total. The number of nitrogens with one attached hydrogen (secondary N) is 1. The molecule has 1 fully saturated rings. The first-order valence-electron chi connectivity index (χ1n) is 6.79. The van der Waals surface area contributed by atoms with Gasteiger partial charge in [0, 0.05) is 24.7 Å². The number of likely N-dealkylation sites (N-methyl/N-ethyl adjacent to an activating group) is 1. The van der Waals surface area contributed by atoms with Crippen molar-refractivity contribution in [3.63, 3.8) is 0 Å². The molecule has 2 heteroatoms. The van der Waals surface area contributed by atoms with Crippen molar-refractivity contribution in [3.05, 3.63) is 35.4 Å². The molecule has 0 spiro atoms. The van der Waals surface area contributed by atoms with Gasteiger partial charge in [-0.25, -0.2) is 0 Å². The third-order valence-corrected chi connectivity index (χ3v) is 4.50. The number of hydrogen-bond donors (Lipinski definition) is 1. The molecule has 3 rings (SSSR count). The third-order valence-electron chi connectivity index (χ3n) is 4.50. The van der Waals surface area contributed by atoms with Gasteiger partial charge in [0.15, 0.2) is 0 Å². The highest BCUT2D eigenvalue weighted by Crippen LogP contribution is 2.36. The van der Waals surface area contributed by atoms with E-state index in [4.69, 9.17) is 0 Å². The van der Waals surface area contributed by atoms with E-state index in [2.05, 4.69) is 48.5 Å². The Balaban J connectivity index is 1.78. The van der Waals surface area contributed by atoms with Gasteiger partial charge in [-0.3, -0.25) is 4.90 Å². The fourth-order valence-electron chi connectivity index (χ4n) is 3.43. The highest BCUT2D eigenvalue weighted by molar-refractivity contribution is 5.34. The molecule has 3 unspecified atom stereocenters. The fourth-order valence-corrected chi connectivity index (χ4v) is 3.43. The zero-order valence-corrected chi connectivity index (χ0v) is 10.8. The summed E-state index contributed by atoms with van der Waals surface area (Å²) in [6.45, 7) is 3.44. The molecule has 1 aromatic rings. The van der Waals surface area contributed by atoms with Crippen LogP contribution in [0, 0.1) is 0 Å². The Bertz CT molecular complexity index is 402. The van der Waals surface area contributed by atoms with Crippen LogP contribution in [0.1, 0.15) is 36.9 Å². The van der Waals surface area contributed by atoms with Crippen LogP contribution < -0.4 is 5.32 Å². The summed E-state index contributed by atoms with van der Waals surface area (Å²) < 4.78 is 0. The highest BCUT2D eigenvalue weighted by atomic mass is 15.2. The lowest BCUT2D eigenvalue weighted by molar-refractivity contribution is 0.182. The summed E-state index contributed by atoms with van der Waals surface area (Å²) in [5.74, 6) is 0. The van der Waals surface area contributed by atoms with Gasteiger partial charge in [-0.15, -0.1) is 0 Å². The summed E-state index contributed by atoms with van der Waals surface area (Å²) in [4.78, 5) is 2.60. The number of nitrogens with zero attached hydrogens (tertiary/aromatic N) is 1. The van der Waals surface area contributed by atoms with E-state index in [0.29, 0.717) is 18.1 Å². The molecule has 1 saturated heterocycles. The Morgan fingerprint density at radius 2 is 2.12 bits per heavy atom. The van der Waals surface area contributed by atoms with Crippen molar-refractivity contribution in [2.45, 2.75) is 44.3 Å². The van der Waals surface area contributed by atoms with E-state index in [1.54, 1.807) is 11.1 Å². The van der Waals surface area contributed by atoms with Crippen LogP contribution in [0.3, 0.4) is 0 Å². The normalized spacial score (nSPS) is 32.1. The van der Waals surface area contributed by atoms with E-state index in [0.717, 1.165) is 6.54 Å². The van der Waals surface area contributed by atoms with Crippen molar-refractivity contribution >= 4 is 0 Å². The Morgan fingerprint density at radius 1 is 1.29 bits per heavy atom. The summed E-state index contributed by atoms with van der Waals surface area (Å²) in [5.41, 5.74) is 3.12. The molecule has 92 valence electrons. The molecule has 1 N–H and O–H groups in total. The Kier molecular flexibility index (Phi) is 2.93. The molecule has 2 aliphatic rings. The molecule has 0 aromatic heterocycles. The molecule has 17 heavy (non-hydrogen) atoms. The van der Waals surface area contributed by atoms with Crippen LogP contribution in [0.4, 0.5) is 0 Å². The molecular weight excluding hydrogens is 208 g/mol. The average molecular weight is 230 g/mol. The van der Waals surface area contributed by atoms with Gasteiger partial charge in [-0.05, 0) is 44.4 Å². The predicted molar refractivity (Wildman–Crippen MR) is 71.1 cm³/mol. The van der Waals surface area contributed by atoms with Crippen LogP contribution in [-0.4, -0.2) is 30.6 Å². The smallest absolute Gasteiger partial charge is 0.0354 e. The maximum Gasteiger partial charge on any atom is 0.0354 e. The van der Waals surface area contributed by atoms with Gasteiger partial charge in [-0.1, -0.05) is 24.3 Å². The van der Waals surface area contributed by atoms with Crippen molar-refractivity contribution < 1.29 is 0 Å².